The second-order valence-corrected chi connectivity index (χ2v) is 3.78. The maximum absolute atomic E-state index is 9.10. The van der Waals surface area contributed by atoms with Gasteiger partial charge in [0.2, 0.25) is 0 Å². The van der Waals surface area contributed by atoms with E-state index in [1.165, 1.54) is 0 Å². The summed E-state index contributed by atoms with van der Waals surface area (Å²) in [6.07, 6.45) is 10.2. The predicted molar refractivity (Wildman–Crippen MR) is 56.9 cm³/mol. The molecule has 0 saturated heterocycles. The van der Waals surface area contributed by atoms with Crippen molar-refractivity contribution in [3.8, 4) is 0 Å². The van der Waals surface area contributed by atoms with Gasteiger partial charge < -0.3 is 9.67 Å². The molecule has 0 aromatic carbocycles. The first kappa shape index (κ1) is 11.2. The molecule has 1 rings (SSSR count). The molecule has 0 aliphatic rings. The summed E-state index contributed by atoms with van der Waals surface area (Å²) in [7, 11) is 0. The summed E-state index contributed by atoms with van der Waals surface area (Å²) in [6, 6.07) is 0. The first-order valence-corrected chi connectivity index (χ1v) is 5.43. The van der Waals surface area contributed by atoms with Gasteiger partial charge in [-0.1, -0.05) is 13.3 Å². The molecule has 3 nitrogen and oxygen atoms in total. The van der Waals surface area contributed by atoms with Crippen molar-refractivity contribution in [2.75, 3.05) is 6.61 Å². The zero-order valence-corrected chi connectivity index (χ0v) is 8.89. The summed E-state index contributed by atoms with van der Waals surface area (Å²) in [5.74, 6) is 0.489. The van der Waals surface area contributed by atoms with Gasteiger partial charge in [0.05, 0.1) is 6.33 Å². The van der Waals surface area contributed by atoms with E-state index < -0.39 is 0 Å². The maximum Gasteiger partial charge on any atom is 0.0945 e. The number of hydrogen-bond acceptors (Lipinski definition) is 2. The Balaban J connectivity index is 2.13. The molecule has 0 bridgehead atoms. The van der Waals surface area contributed by atoms with Gasteiger partial charge in [-0.25, -0.2) is 4.98 Å². The van der Waals surface area contributed by atoms with Crippen LogP contribution in [0.1, 0.15) is 32.6 Å². The molecule has 3 heteroatoms. The number of imidazole rings is 1. The average Bonchev–Trinajstić information content (AvgIpc) is 2.69. The third-order valence-electron chi connectivity index (χ3n) is 2.54. The van der Waals surface area contributed by atoms with Crippen molar-refractivity contribution in [3.63, 3.8) is 0 Å². The molecule has 1 heterocycles. The van der Waals surface area contributed by atoms with Gasteiger partial charge in [-0.15, -0.1) is 0 Å². The van der Waals surface area contributed by atoms with Gasteiger partial charge in [0.25, 0.3) is 0 Å². The van der Waals surface area contributed by atoms with Gasteiger partial charge in [0.15, 0.2) is 0 Å². The van der Waals surface area contributed by atoms with Crippen molar-refractivity contribution in [1.82, 2.24) is 9.55 Å². The van der Waals surface area contributed by atoms with Crippen molar-refractivity contribution in [1.29, 1.82) is 0 Å². The number of aliphatic hydroxyl groups is 1. The largest absolute Gasteiger partial charge is 0.396 e. The first-order chi connectivity index (χ1) is 6.86. The molecule has 0 fully saturated rings. The topological polar surface area (TPSA) is 38.0 Å². The summed E-state index contributed by atoms with van der Waals surface area (Å²) in [5, 5.41) is 9.10. The van der Waals surface area contributed by atoms with Crippen molar-refractivity contribution in [2.24, 2.45) is 5.92 Å². The Morgan fingerprint density at radius 1 is 1.43 bits per heavy atom. The number of hydrogen-bond donors (Lipinski definition) is 1. The first-order valence-electron chi connectivity index (χ1n) is 5.43. The molecule has 0 unspecified atom stereocenters. The molecule has 0 spiro atoms. The molecule has 1 atom stereocenters. The maximum atomic E-state index is 9.10. The van der Waals surface area contributed by atoms with Gasteiger partial charge in [-0.2, -0.15) is 0 Å². The van der Waals surface area contributed by atoms with E-state index in [0.717, 1.165) is 32.2 Å². The average molecular weight is 196 g/mol. The van der Waals surface area contributed by atoms with Crippen LogP contribution in [0, 0.1) is 5.92 Å². The van der Waals surface area contributed by atoms with Crippen LogP contribution in [0.5, 0.6) is 0 Å². The minimum absolute atomic E-state index is 0.331. The molecule has 14 heavy (non-hydrogen) atoms. The van der Waals surface area contributed by atoms with E-state index in [1.54, 1.807) is 6.20 Å². The van der Waals surface area contributed by atoms with Crippen LogP contribution >= 0.6 is 0 Å². The summed E-state index contributed by atoms with van der Waals surface area (Å²) in [4.78, 5) is 3.99. The fourth-order valence-corrected chi connectivity index (χ4v) is 1.72. The van der Waals surface area contributed by atoms with Gasteiger partial charge >= 0.3 is 0 Å². The lowest BCUT2D eigenvalue weighted by molar-refractivity contribution is 0.206. The van der Waals surface area contributed by atoms with E-state index in [-0.39, 0.29) is 0 Å². The highest BCUT2D eigenvalue weighted by atomic mass is 16.3. The van der Waals surface area contributed by atoms with Gasteiger partial charge in [0, 0.05) is 25.5 Å². The van der Waals surface area contributed by atoms with Crippen LogP contribution in [0.25, 0.3) is 0 Å². The fourth-order valence-electron chi connectivity index (χ4n) is 1.72. The van der Waals surface area contributed by atoms with Crippen molar-refractivity contribution in [2.45, 2.75) is 39.2 Å². The Morgan fingerprint density at radius 3 is 2.86 bits per heavy atom. The van der Waals surface area contributed by atoms with E-state index in [0.29, 0.717) is 12.5 Å². The van der Waals surface area contributed by atoms with Crippen LogP contribution in [0.15, 0.2) is 18.7 Å². The number of aryl methyl sites for hydroxylation is 1. The number of rotatable bonds is 7. The lowest BCUT2D eigenvalue weighted by Crippen LogP contribution is -2.07. The Hall–Kier alpha value is -0.830. The summed E-state index contributed by atoms with van der Waals surface area (Å²) >= 11 is 0. The smallest absolute Gasteiger partial charge is 0.0945 e. The third-order valence-corrected chi connectivity index (χ3v) is 2.54. The molecular weight excluding hydrogens is 176 g/mol. The standard InChI is InChI=1S/C11H20N2O/c1-2-4-11(9-14)5-3-7-13-8-6-12-10-13/h6,8,10-11,14H,2-5,7,9H2,1H3/t11-/m1/s1. The molecule has 0 aliphatic heterocycles. The summed E-state index contributed by atoms with van der Waals surface area (Å²) < 4.78 is 2.08. The molecular formula is C11H20N2O. The minimum Gasteiger partial charge on any atom is -0.396 e. The number of aliphatic hydroxyl groups excluding tert-OH is 1. The number of aromatic nitrogens is 2. The summed E-state index contributed by atoms with van der Waals surface area (Å²) in [6.45, 7) is 3.51. The monoisotopic (exact) mass is 196 g/mol. The number of nitrogens with zero attached hydrogens (tertiary/aromatic N) is 2. The molecule has 1 aromatic heterocycles. The van der Waals surface area contributed by atoms with Crippen molar-refractivity contribution >= 4 is 0 Å². The molecule has 1 N–H and O–H groups in total. The van der Waals surface area contributed by atoms with E-state index in [9.17, 15) is 0 Å². The minimum atomic E-state index is 0.331. The molecule has 0 radical (unpaired) electrons. The second-order valence-electron chi connectivity index (χ2n) is 3.78. The third kappa shape index (κ3) is 3.92. The van der Waals surface area contributed by atoms with Crippen molar-refractivity contribution in [3.05, 3.63) is 18.7 Å². The van der Waals surface area contributed by atoms with Crippen LogP contribution in [0.4, 0.5) is 0 Å². The van der Waals surface area contributed by atoms with Gasteiger partial charge in [-0.05, 0) is 25.2 Å². The van der Waals surface area contributed by atoms with Gasteiger partial charge in [0.1, 0.15) is 0 Å². The lowest BCUT2D eigenvalue weighted by Gasteiger charge is -2.12. The SMILES string of the molecule is CCC[C@@H](CO)CCCn1ccnc1. The van der Waals surface area contributed by atoms with E-state index >= 15 is 0 Å². The molecule has 1 aromatic rings. The van der Waals surface area contributed by atoms with E-state index in [1.807, 2.05) is 12.5 Å². The lowest BCUT2D eigenvalue weighted by atomic mass is 9.99. The van der Waals surface area contributed by atoms with Crippen LogP contribution in [-0.4, -0.2) is 21.3 Å². The highest BCUT2D eigenvalue weighted by Gasteiger charge is 2.05. The second kappa shape index (κ2) is 6.60. The van der Waals surface area contributed by atoms with Gasteiger partial charge in [-0.3, -0.25) is 0 Å². The molecule has 0 saturated carbocycles. The normalized spacial score (nSPS) is 13.0. The van der Waals surface area contributed by atoms with E-state index in [2.05, 4.69) is 16.5 Å². The van der Waals surface area contributed by atoms with E-state index in [4.69, 9.17) is 5.11 Å². The zero-order chi connectivity index (χ0) is 10.2. The Morgan fingerprint density at radius 2 is 2.29 bits per heavy atom. The quantitative estimate of drug-likeness (QED) is 0.725. The van der Waals surface area contributed by atoms with Crippen LogP contribution in [-0.2, 0) is 6.54 Å². The molecule has 80 valence electrons. The van der Waals surface area contributed by atoms with Crippen LogP contribution in [0.3, 0.4) is 0 Å². The Bertz CT molecular complexity index is 221. The molecule has 0 aliphatic carbocycles. The highest BCUT2D eigenvalue weighted by molar-refractivity contribution is 4.73. The Kier molecular flexibility index (Phi) is 5.30. The summed E-state index contributed by atoms with van der Waals surface area (Å²) in [5.41, 5.74) is 0. The predicted octanol–water partition coefficient (Wildman–Crippen LogP) is 2.07. The fraction of sp³-hybridized carbons (Fsp3) is 0.727. The van der Waals surface area contributed by atoms with Crippen LogP contribution in [0.2, 0.25) is 0 Å². The highest BCUT2D eigenvalue weighted by Crippen LogP contribution is 2.13. The van der Waals surface area contributed by atoms with Crippen molar-refractivity contribution < 1.29 is 5.11 Å². The zero-order valence-electron chi connectivity index (χ0n) is 8.89. The Labute approximate surface area is 85.8 Å². The van der Waals surface area contributed by atoms with Crippen LogP contribution < -0.4 is 0 Å². The molecule has 0 amide bonds.